The van der Waals surface area contributed by atoms with E-state index in [4.69, 9.17) is 35.3 Å². The maximum atomic E-state index is 11.9. The summed E-state index contributed by atoms with van der Waals surface area (Å²) >= 11 is 6.09. The Labute approximate surface area is 142 Å². The molecule has 122 valence electrons. The summed E-state index contributed by atoms with van der Waals surface area (Å²) in [6, 6.07) is 8.34. The lowest BCUT2D eigenvalue weighted by Gasteiger charge is -2.03. The predicted molar refractivity (Wildman–Crippen MR) is 84.8 cm³/mol. The molecule has 0 unspecified atom stereocenters. The molecule has 4 rings (SSSR count). The number of hydrogen-bond acceptors (Lipinski definition) is 6. The highest BCUT2D eigenvalue weighted by molar-refractivity contribution is 6.32. The molecule has 0 aliphatic carbocycles. The number of hydrogen-bond donors (Lipinski definition) is 0. The Bertz CT molecular complexity index is 845. The minimum atomic E-state index is -0.525. The fourth-order valence-electron chi connectivity index (χ4n) is 2.34. The Morgan fingerprint density at radius 1 is 1.00 bits per heavy atom. The van der Waals surface area contributed by atoms with Crippen LogP contribution in [-0.4, -0.2) is 19.6 Å². The van der Waals surface area contributed by atoms with E-state index in [9.17, 15) is 4.79 Å². The summed E-state index contributed by atoms with van der Waals surface area (Å²) in [4.78, 5) is 11.9. The van der Waals surface area contributed by atoms with E-state index in [1.807, 2.05) is 0 Å². The second-order valence-electron chi connectivity index (χ2n) is 5.01. The van der Waals surface area contributed by atoms with Crippen molar-refractivity contribution >= 4 is 23.6 Å². The van der Waals surface area contributed by atoms with Gasteiger partial charge in [-0.05, 0) is 35.9 Å². The molecule has 0 amide bonds. The molecule has 0 saturated heterocycles. The van der Waals surface area contributed by atoms with Crippen LogP contribution in [-0.2, 0) is 4.79 Å². The van der Waals surface area contributed by atoms with E-state index >= 15 is 0 Å². The maximum absolute atomic E-state index is 11.9. The minimum absolute atomic E-state index is 0.133. The number of halogens is 1. The lowest BCUT2D eigenvalue weighted by Crippen LogP contribution is -2.03. The minimum Gasteiger partial charge on any atom is -0.454 e. The normalized spacial score (nSPS) is 14.2. The molecule has 0 fully saturated rings. The van der Waals surface area contributed by atoms with Gasteiger partial charge < -0.3 is 23.7 Å². The molecule has 2 aliphatic heterocycles. The first-order chi connectivity index (χ1) is 11.7. The number of fused-ring (bicyclic) bond motifs is 2. The van der Waals surface area contributed by atoms with Crippen molar-refractivity contribution in [3.63, 3.8) is 0 Å². The van der Waals surface area contributed by atoms with E-state index in [0.717, 1.165) is 0 Å². The average Bonchev–Trinajstić information content (AvgIpc) is 3.21. The molecule has 2 aromatic carbocycles. The van der Waals surface area contributed by atoms with Crippen LogP contribution in [0.1, 0.15) is 5.56 Å². The second kappa shape index (κ2) is 5.98. The van der Waals surface area contributed by atoms with E-state index < -0.39 is 5.97 Å². The highest BCUT2D eigenvalue weighted by Crippen LogP contribution is 2.40. The lowest BCUT2D eigenvalue weighted by molar-refractivity contribution is -0.128. The first kappa shape index (κ1) is 14.7. The Morgan fingerprint density at radius 2 is 1.79 bits per heavy atom. The van der Waals surface area contributed by atoms with E-state index in [-0.39, 0.29) is 13.6 Å². The second-order valence-corrected chi connectivity index (χ2v) is 5.41. The molecule has 6 nitrogen and oxygen atoms in total. The molecule has 0 atom stereocenters. The smallest absolute Gasteiger partial charge is 0.336 e. The van der Waals surface area contributed by atoms with Gasteiger partial charge in [-0.3, -0.25) is 0 Å². The fraction of sp³-hybridized carbons (Fsp3) is 0.118. The molecular weight excluding hydrogens is 336 g/mol. The molecule has 2 heterocycles. The molecular formula is C17H11ClO6. The molecule has 2 aliphatic rings. The van der Waals surface area contributed by atoms with Crippen molar-refractivity contribution in [1.29, 1.82) is 0 Å². The van der Waals surface area contributed by atoms with Crippen molar-refractivity contribution in [2.45, 2.75) is 0 Å². The van der Waals surface area contributed by atoms with Crippen LogP contribution >= 0.6 is 11.6 Å². The average molecular weight is 347 g/mol. The van der Waals surface area contributed by atoms with Gasteiger partial charge in [0, 0.05) is 12.1 Å². The zero-order valence-corrected chi connectivity index (χ0v) is 13.0. The van der Waals surface area contributed by atoms with Crippen LogP contribution in [0.4, 0.5) is 0 Å². The van der Waals surface area contributed by atoms with Crippen LogP contribution in [0.5, 0.6) is 28.7 Å². The first-order valence-corrected chi connectivity index (χ1v) is 7.45. The topological polar surface area (TPSA) is 63.2 Å². The van der Waals surface area contributed by atoms with Crippen LogP contribution in [0.25, 0.3) is 6.08 Å². The molecule has 24 heavy (non-hydrogen) atoms. The molecule has 2 aromatic rings. The summed E-state index contributed by atoms with van der Waals surface area (Å²) < 4.78 is 26.2. The van der Waals surface area contributed by atoms with E-state index in [0.29, 0.717) is 39.3 Å². The van der Waals surface area contributed by atoms with Gasteiger partial charge in [-0.25, -0.2) is 4.79 Å². The van der Waals surface area contributed by atoms with Crippen molar-refractivity contribution in [2.24, 2.45) is 0 Å². The fourth-order valence-corrected chi connectivity index (χ4v) is 2.61. The summed E-state index contributed by atoms with van der Waals surface area (Å²) in [6.07, 6.45) is 2.89. The zero-order chi connectivity index (χ0) is 16.5. The number of carbonyl (C=O) groups is 1. The Hall–Kier alpha value is -2.86. The van der Waals surface area contributed by atoms with Gasteiger partial charge in [-0.1, -0.05) is 11.6 Å². The van der Waals surface area contributed by atoms with Crippen LogP contribution in [0, 0.1) is 0 Å². The number of carbonyl (C=O) groups excluding carboxylic acids is 1. The highest BCUT2D eigenvalue weighted by atomic mass is 35.5. The van der Waals surface area contributed by atoms with Crippen molar-refractivity contribution in [1.82, 2.24) is 0 Å². The number of ether oxygens (including phenoxy) is 5. The Morgan fingerprint density at radius 3 is 2.71 bits per heavy atom. The molecule has 0 N–H and O–H groups in total. The third-order valence-corrected chi connectivity index (χ3v) is 3.70. The van der Waals surface area contributed by atoms with Gasteiger partial charge >= 0.3 is 5.97 Å². The monoisotopic (exact) mass is 346 g/mol. The van der Waals surface area contributed by atoms with Crippen molar-refractivity contribution in [3.8, 4) is 28.7 Å². The third kappa shape index (κ3) is 2.83. The van der Waals surface area contributed by atoms with Crippen molar-refractivity contribution in [3.05, 3.63) is 47.0 Å². The van der Waals surface area contributed by atoms with E-state index in [1.54, 1.807) is 36.4 Å². The summed E-state index contributed by atoms with van der Waals surface area (Å²) in [5.41, 5.74) is 0.701. The van der Waals surface area contributed by atoms with Crippen LogP contribution in [0.15, 0.2) is 36.4 Å². The first-order valence-electron chi connectivity index (χ1n) is 7.08. The van der Waals surface area contributed by atoms with Gasteiger partial charge in [-0.2, -0.15) is 0 Å². The highest BCUT2D eigenvalue weighted by Gasteiger charge is 2.18. The van der Waals surface area contributed by atoms with Gasteiger partial charge in [0.25, 0.3) is 0 Å². The van der Waals surface area contributed by atoms with Gasteiger partial charge in [-0.15, -0.1) is 0 Å². The van der Waals surface area contributed by atoms with Crippen molar-refractivity contribution in [2.75, 3.05) is 13.6 Å². The summed E-state index contributed by atoms with van der Waals surface area (Å²) in [5, 5.41) is 0.425. The molecule has 7 heteroatoms. The molecule has 0 saturated carbocycles. The van der Waals surface area contributed by atoms with Gasteiger partial charge in [0.15, 0.2) is 23.0 Å². The summed E-state index contributed by atoms with van der Waals surface area (Å²) in [5.74, 6) is 2.08. The van der Waals surface area contributed by atoms with Crippen LogP contribution in [0.3, 0.4) is 0 Å². The molecule has 0 bridgehead atoms. The van der Waals surface area contributed by atoms with Gasteiger partial charge in [0.1, 0.15) is 5.75 Å². The maximum Gasteiger partial charge on any atom is 0.336 e. The summed E-state index contributed by atoms with van der Waals surface area (Å²) in [7, 11) is 0. The standard InChI is InChI=1S/C17H11ClO6/c18-12-5-10(6-15-17(12)23-9-22-15)1-4-16(19)24-11-2-3-13-14(7-11)21-8-20-13/h1-7H,8-9H2/b4-1+. The number of esters is 1. The van der Waals surface area contributed by atoms with Crippen LogP contribution in [0.2, 0.25) is 5.02 Å². The largest absolute Gasteiger partial charge is 0.454 e. The molecule has 0 aromatic heterocycles. The summed E-state index contributed by atoms with van der Waals surface area (Å²) in [6.45, 7) is 0.298. The Kier molecular flexibility index (Phi) is 3.66. The van der Waals surface area contributed by atoms with E-state index in [2.05, 4.69) is 0 Å². The number of rotatable bonds is 3. The predicted octanol–water partition coefficient (Wildman–Crippen LogP) is 3.42. The molecule has 0 spiro atoms. The van der Waals surface area contributed by atoms with E-state index in [1.165, 1.54) is 6.08 Å². The quantitative estimate of drug-likeness (QED) is 0.482. The lowest BCUT2D eigenvalue weighted by atomic mass is 10.2. The SMILES string of the molecule is O=C(/C=C/c1cc(Cl)c2c(c1)OCO2)Oc1ccc2c(c1)OCO2. The Balaban J connectivity index is 1.46. The zero-order valence-electron chi connectivity index (χ0n) is 12.3. The molecule has 0 radical (unpaired) electrons. The van der Waals surface area contributed by atoms with Crippen LogP contribution < -0.4 is 23.7 Å². The van der Waals surface area contributed by atoms with Gasteiger partial charge in [0.05, 0.1) is 5.02 Å². The third-order valence-electron chi connectivity index (χ3n) is 3.42. The van der Waals surface area contributed by atoms with Crippen molar-refractivity contribution < 1.29 is 28.5 Å². The number of benzene rings is 2. The van der Waals surface area contributed by atoms with Gasteiger partial charge in [0.2, 0.25) is 13.6 Å².